The molecule has 106 valence electrons. The van der Waals surface area contributed by atoms with Crippen molar-refractivity contribution in [3.63, 3.8) is 0 Å². The van der Waals surface area contributed by atoms with E-state index in [1.807, 2.05) is 0 Å². The molecule has 1 aromatic heterocycles. The van der Waals surface area contributed by atoms with Crippen molar-refractivity contribution in [3.05, 3.63) is 24.3 Å². The van der Waals surface area contributed by atoms with Crippen molar-refractivity contribution >= 4 is 15.9 Å². The van der Waals surface area contributed by atoms with Crippen LogP contribution in [0.4, 0.5) is 4.39 Å². The number of aromatic nitrogens is 1. The lowest BCUT2D eigenvalue weighted by atomic mass is 9.93. The predicted molar refractivity (Wildman–Crippen MR) is 66.6 cm³/mol. The van der Waals surface area contributed by atoms with Crippen molar-refractivity contribution in [2.45, 2.75) is 18.7 Å². The molecule has 0 unspecified atom stereocenters. The first-order chi connectivity index (χ1) is 8.69. The van der Waals surface area contributed by atoms with E-state index < -0.39 is 21.3 Å². The Morgan fingerprint density at radius 3 is 2.74 bits per heavy atom. The first-order valence-electron chi connectivity index (χ1n) is 5.27. The van der Waals surface area contributed by atoms with Crippen LogP contribution in [0, 0.1) is 11.2 Å². The SMILES string of the molecule is CC(C)(CNS(=O)(=O)c1cncc(F)c1)/C(N)=N/O. The molecule has 7 nitrogen and oxygen atoms in total. The van der Waals surface area contributed by atoms with Gasteiger partial charge < -0.3 is 10.9 Å². The fourth-order valence-electron chi connectivity index (χ4n) is 1.12. The third-order valence-electron chi connectivity index (χ3n) is 2.50. The zero-order valence-corrected chi connectivity index (χ0v) is 11.3. The lowest BCUT2D eigenvalue weighted by Crippen LogP contribution is -2.42. The van der Waals surface area contributed by atoms with Crippen molar-refractivity contribution < 1.29 is 18.0 Å². The Hall–Kier alpha value is -1.74. The maximum atomic E-state index is 12.9. The van der Waals surface area contributed by atoms with Gasteiger partial charge in [-0.15, -0.1) is 0 Å². The van der Waals surface area contributed by atoms with Crippen LogP contribution in [-0.4, -0.2) is 31.0 Å². The van der Waals surface area contributed by atoms with E-state index in [2.05, 4.69) is 14.9 Å². The second-order valence-corrected chi connectivity index (χ2v) is 6.30. The van der Waals surface area contributed by atoms with Crippen molar-refractivity contribution in [2.75, 3.05) is 6.54 Å². The summed E-state index contributed by atoms with van der Waals surface area (Å²) in [6.07, 6.45) is 1.93. The number of halogens is 1. The molecule has 1 rings (SSSR count). The summed E-state index contributed by atoms with van der Waals surface area (Å²) in [5.74, 6) is -0.869. The maximum absolute atomic E-state index is 12.9. The van der Waals surface area contributed by atoms with E-state index in [0.717, 1.165) is 18.5 Å². The van der Waals surface area contributed by atoms with Gasteiger partial charge in [0.1, 0.15) is 16.5 Å². The van der Waals surface area contributed by atoms with Crippen LogP contribution >= 0.6 is 0 Å². The smallest absolute Gasteiger partial charge is 0.242 e. The fraction of sp³-hybridized carbons (Fsp3) is 0.400. The van der Waals surface area contributed by atoms with E-state index in [1.165, 1.54) is 0 Å². The number of amidine groups is 1. The van der Waals surface area contributed by atoms with Crippen LogP contribution in [0.25, 0.3) is 0 Å². The molecule has 0 saturated carbocycles. The number of nitrogens with zero attached hydrogens (tertiary/aromatic N) is 2. The molecule has 0 spiro atoms. The van der Waals surface area contributed by atoms with Gasteiger partial charge in [-0.3, -0.25) is 4.98 Å². The molecule has 0 atom stereocenters. The zero-order chi connectivity index (χ0) is 14.7. The van der Waals surface area contributed by atoms with Gasteiger partial charge in [-0.2, -0.15) is 0 Å². The van der Waals surface area contributed by atoms with Gasteiger partial charge in [0, 0.05) is 18.2 Å². The molecule has 1 aromatic rings. The molecule has 0 saturated heterocycles. The molecule has 0 bridgehead atoms. The Morgan fingerprint density at radius 1 is 1.58 bits per heavy atom. The predicted octanol–water partition coefficient (Wildman–Crippen LogP) is 0.272. The summed E-state index contributed by atoms with van der Waals surface area (Å²) < 4.78 is 38.9. The summed E-state index contributed by atoms with van der Waals surface area (Å²) in [7, 11) is -3.90. The summed E-state index contributed by atoms with van der Waals surface area (Å²) in [5, 5.41) is 11.4. The van der Waals surface area contributed by atoms with E-state index in [9.17, 15) is 12.8 Å². The third kappa shape index (κ3) is 3.86. The van der Waals surface area contributed by atoms with Crippen molar-refractivity contribution in [3.8, 4) is 0 Å². The largest absolute Gasteiger partial charge is 0.409 e. The molecule has 1 heterocycles. The van der Waals surface area contributed by atoms with E-state index in [0.29, 0.717) is 0 Å². The maximum Gasteiger partial charge on any atom is 0.242 e. The van der Waals surface area contributed by atoms with Gasteiger partial charge >= 0.3 is 0 Å². The van der Waals surface area contributed by atoms with Crippen LogP contribution in [0.3, 0.4) is 0 Å². The first kappa shape index (κ1) is 15.3. The van der Waals surface area contributed by atoms with Gasteiger partial charge in [0.15, 0.2) is 0 Å². The molecule has 19 heavy (non-hydrogen) atoms. The van der Waals surface area contributed by atoms with E-state index in [4.69, 9.17) is 10.9 Å². The summed E-state index contributed by atoms with van der Waals surface area (Å²) in [5.41, 5.74) is 4.55. The highest BCUT2D eigenvalue weighted by Crippen LogP contribution is 2.16. The molecule has 0 fully saturated rings. The van der Waals surface area contributed by atoms with Gasteiger partial charge in [0.25, 0.3) is 0 Å². The fourth-order valence-corrected chi connectivity index (χ4v) is 2.31. The minimum atomic E-state index is -3.90. The summed E-state index contributed by atoms with van der Waals surface area (Å²) >= 11 is 0. The Labute approximate surface area is 110 Å². The zero-order valence-electron chi connectivity index (χ0n) is 10.5. The van der Waals surface area contributed by atoms with Crippen molar-refractivity contribution in [1.29, 1.82) is 0 Å². The molecule has 0 radical (unpaired) electrons. The number of sulfonamides is 1. The number of hydrogen-bond donors (Lipinski definition) is 3. The van der Waals surface area contributed by atoms with E-state index >= 15 is 0 Å². The third-order valence-corrected chi connectivity index (χ3v) is 3.86. The van der Waals surface area contributed by atoms with Crippen LogP contribution in [0.15, 0.2) is 28.5 Å². The van der Waals surface area contributed by atoms with Gasteiger partial charge in [-0.05, 0) is 6.07 Å². The molecular formula is C10H15FN4O3S. The Morgan fingerprint density at radius 2 is 2.21 bits per heavy atom. The van der Waals surface area contributed by atoms with Crippen LogP contribution in [0.5, 0.6) is 0 Å². The minimum Gasteiger partial charge on any atom is -0.409 e. The number of nitrogens with one attached hydrogen (secondary N) is 1. The van der Waals surface area contributed by atoms with Gasteiger partial charge in [0.2, 0.25) is 10.0 Å². The average molecular weight is 290 g/mol. The number of hydrogen-bond acceptors (Lipinski definition) is 5. The Kier molecular flexibility index (Phi) is 4.43. The van der Waals surface area contributed by atoms with E-state index in [1.54, 1.807) is 13.8 Å². The molecule has 0 aliphatic rings. The molecule has 0 aromatic carbocycles. The Balaban J connectivity index is 2.88. The molecule has 9 heteroatoms. The monoisotopic (exact) mass is 290 g/mol. The van der Waals surface area contributed by atoms with Crippen LogP contribution < -0.4 is 10.5 Å². The average Bonchev–Trinajstić information content (AvgIpc) is 2.35. The summed E-state index contributed by atoms with van der Waals surface area (Å²) in [6.45, 7) is 3.07. The molecule has 4 N–H and O–H groups in total. The normalized spacial score (nSPS) is 13.5. The second kappa shape index (κ2) is 5.49. The quantitative estimate of drug-likeness (QED) is 0.311. The van der Waals surface area contributed by atoms with Gasteiger partial charge in [-0.1, -0.05) is 19.0 Å². The first-order valence-corrected chi connectivity index (χ1v) is 6.75. The lowest BCUT2D eigenvalue weighted by molar-refractivity contribution is 0.307. The number of rotatable bonds is 5. The topological polar surface area (TPSA) is 118 Å². The molecule has 0 amide bonds. The highest BCUT2D eigenvalue weighted by molar-refractivity contribution is 7.89. The molecule has 0 aliphatic heterocycles. The molecular weight excluding hydrogens is 275 g/mol. The van der Waals surface area contributed by atoms with Crippen LogP contribution in [-0.2, 0) is 10.0 Å². The van der Waals surface area contributed by atoms with Crippen molar-refractivity contribution in [1.82, 2.24) is 9.71 Å². The Bertz CT molecular complexity index is 586. The summed E-state index contributed by atoms with van der Waals surface area (Å²) in [6, 6.07) is 0.853. The number of nitrogens with two attached hydrogens (primary N) is 1. The minimum absolute atomic E-state index is 0.109. The van der Waals surface area contributed by atoms with Crippen molar-refractivity contribution in [2.24, 2.45) is 16.3 Å². The van der Waals surface area contributed by atoms with Crippen LogP contribution in [0.1, 0.15) is 13.8 Å². The summed E-state index contributed by atoms with van der Waals surface area (Å²) in [4.78, 5) is 3.17. The number of pyridine rings is 1. The second-order valence-electron chi connectivity index (χ2n) is 4.53. The van der Waals surface area contributed by atoms with Gasteiger partial charge in [-0.25, -0.2) is 17.5 Å². The standard InChI is InChI=1S/C10H15FN4O3S/c1-10(2,9(12)15-16)6-14-19(17,18)8-3-7(11)4-13-5-8/h3-5,14,16H,6H2,1-2H3,(H2,12,15). The highest BCUT2D eigenvalue weighted by Gasteiger charge is 2.26. The molecule has 0 aliphatic carbocycles. The lowest BCUT2D eigenvalue weighted by Gasteiger charge is -2.22. The number of oxime groups is 1. The highest BCUT2D eigenvalue weighted by atomic mass is 32.2. The van der Waals surface area contributed by atoms with Crippen LogP contribution in [0.2, 0.25) is 0 Å². The van der Waals surface area contributed by atoms with E-state index in [-0.39, 0.29) is 17.3 Å². The van der Waals surface area contributed by atoms with Gasteiger partial charge in [0.05, 0.1) is 6.20 Å².